The lowest BCUT2D eigenvalue weighted by molar-refractivity contribution is -0.114. The molecule has 3 heteroatoms. The number of hydrogen-bond acceptors (Lipinski definition) is 3. The molecular weight excluding hydrogens is 380 g/mol. The van der Waals surface area contributed by atoms with E-state index in [0.29, 0.717) is 0 Å². The smallest absolute Gasteiger partial charge is 0.186 e. The summed E-state index contributed by atoms with van der Waals surface area (Å²) >= 11 is 0. The Labute approximate surface area is 186 Å². The van der Waals surface area contributed by atoms with Gasteiger partial charge in [0.25, 0.3) is 0 Å². The fraction of sp³-hybridized carbons (Fsp3) is 0.321. The predicted octanol–water partition coefficient (Wildman–Crippen LogP) is 7.13. The second-order valence-corrected chi connectivity index (χ2v) is 10.1. The molecule has 2 aliphatic rings. The third kappa shape index (κ3) is 5.55. The normalized spacial score (nSPS) is 20.0. The van der Waals surface area contributed by atoms with Crippen LogP contribution in [-0.4, -0.2) is 17.2 Å². The SMILES string of the molecule is CC1=CC(=NC=C2C=C(C(C)(C)C)C(=O)C(C(C)(C)C)=C2)C=CC1=Nc1ccccc1. The fourth-order valence-corrected chi connectivity index (χ4v) is 3.48. The van der Waals surface area contributed by atoms with Crippen LogP contribution in [0.15, 0.2) is 99.2 Å². The van der Waals surface area contributed by atoms with E-state index in [1.165, 1.54) is 0 Å². The Bertz CT molecular complexity index is 1050. The first kappa shape index (κ1) is 22.6. The van der Waals surface area contributed by atoms with Crippen molar-refractivity contribution in [1.82, 2.24) is 0 Å². The molecule has 3 nitrogen and oxygen atoms in total. The summed E-state index contributed by atoms with van der Waals surface area (Å²) in [6.07, 6.45) is 11.8. The summed E-state index contributed by atoms with van der Waals surface area (Å²) in [6, 6.07) is 9.93. The largest absolute Gasteiger partial charge is 0.289 e. The topological polar surface area (TPSA) is 41.8 Å². The molecule has 0 amide bonds. The number of carbonyl (C=O) groups excluding carboxylic acids is 1. The van der Waals surface area contributed by atoms with Crippen LogP contribution in [0.1, 0.15) is 48.5 Å². The van der Waals surface area contributed by atoms with Gasteiger partial charge < -0.3 is 0 Å². The number of aliphatic imine (C=N–C) groups is 2. The van der Waals surface area contributed by atoms with Crippen LogP contribution < -0.4 is 0 Å². The minimum atomic E-state index is -0.224. The summed E-state index contributed by atoms with van der Waals surface area (Å²) in [5.41, 5.74) is 5.96. The monoisotopic (exact) mass is 412 g/mol. The number of hydrogen-bond donors (Lipinski definition) is 0. The van der Waals surface area contributed by atoms with Gasteiger partial charge in [0, 0.05) is 17.3 Å². The van der Waals surface area contributed by atoms with Crippen molar-refractivity contribution in [3.8, 4) is 0 Å². The van der Waals surface area contributed by atoms with Gasteiger partial charge in [0.2, 0.25) is 0 Å². The van der Waals surface area contributed by atoms with Crippen molar-refractivity contribution in [2.45, 2.75) is 48.5 Å². The third-order valence-electron chi connectivity index (χ3n) is 5.28. The highest BCUT2D eigenvalue weighted by Crippen LogP contribution is 2.38. The molecule has 0 aliphatic heterocycles. The third-order valence-corrected chi connectivity index (χ3v) is 5.28. The summed E-state index contributed by atoms with van der Waals surface area (Å²) in [5, 5.41) is 0. The Kier molecular flexibility index (Phi) is 6.26. The first-order chi connectivity index (χ1) is 14.4. The quantitative estimate of drug-likeness (QED) is 0.476. The number of rotatable bonds is 2. The molecule has 0 N–H and O–H groups in total. The zero-order valence-corrected chi connectivity index (χ0v) is 19.7. The van der Waals surface area contributed by atoms with E-state index in [0.717, 1.165) is 39.4 Å². The minimum Gasteiger partial charge on any atom is -0.289 e. The van der Waals surface area contributed by atoms with Gasteiger partial charge in [-0.05, 0) is 71.4 Å². The Balaban J connectivity index is 1.93. The summed E-state index contributed by atoms with van der Waals surface area (Å²) < 4.78 is 0. The van der Waals surface area contributed by atoms with Gasteiger partial charge in [0.1, 0.15) is 0 Å². The predicted molar refractivity (Wildman–Crippen MR) is 132 cm³/mol. The van der Waals surface area contributed by atoms with Gasteiger partial charge in [-0.25, -0.2) is 4.99 Å². The van der Waals surface area contributed by atoms with Crippen LogP contribution in [0.4, 0.5) is 5.69 Å². The maximum absolute atomic E-state index is 13.1. The molecular formula is C28H32N2O. The molecule has 0 heterocycles. The molecule has 160 valence electrons. The van der Waals surface area contributed by atoms with Gasteiger partial charge in [-0.3, -0.25) is 9.79 Å². The first-order valence-electron chi connectivity index (χ1n) is 10.7. The Morgan fingerprint density at radius 2 is 1.39 bits per heavy atom. The lowest BCUT2D eigenvalue weighted by atomic mass is 9.72. The van der Waals surface area contributed by atoms with Crippen molar-refractivity contribution < 1.29 is 4.79 Å². The first-order valence-corrected chi connectivity index (χ1v) is 10.7. The number of nitrogens with zero attached hydrogens (tertiary/aromatic N) is 2. The Hall–Kier alpha value is -3.07. The van der Waals surface area contributed by atoms with Crippen LogP contribution in [0.3, 0.4) is 0 Å². The van der Waals surface area contributed by atoms with Gasteiger partial charge in [-0.1, -0.05) is 59.7 Å². The molecule has 0 saturated carbocycles. The number of para-hydroxylation sites is 1. The van der Waals surface area contributed by atoms with Gasteiger partial charge in [0.15, 0.2) is 5.78 Å². The maximum Gasteiger partial charge on any atom is 0.186 e. The molecule has 1 aromatic rings. The second kappa shape index (κ2) is 8.58. The number of carbonyl (C=O) groups is 1. The standard InChI is InChI=1S/C28H32N2O/c1-19-15-22(13-14-25(19)30-21-11-9-8-10-12-21)29-18-20-16-23(27(2,3)4)26(31)24(17-20)28(5,6)7/h8-18H,1-7H3. The summed E-state index contributed by atoms with van der Waals surface area (Å²) in [5.74, 6) is 0.139. The van der Waals surface area contributed by atoms with E-state index in [2.05, 4.69) is 41.5 Å². The average Bonchev–Trinajstić information content (AvgIpc) is 2.68. The summed E-state index contributed by atoms with van der Waals surface area (Å²) in [6.45, 7) is 14.5. The van der Waals surface area contributed by atoms with Crippen molar-refractivity contribution >= 4 is 22.9 Å². The van der Waals surface area contributed by atoms with E-state index in [1.807, 2.05) is 73.8 Å². The Morgan fingerprint density at radius 1 is 0.806 bits per heavy atom. The highest BCUT2D eigenvalue weighted by Gasteiger charge is 2.33. The molecule has 0 bridgehead atoms. The summed E-state index contributed by atoms with van der Waals surface area (Å²) in [4.78, 5) is 22.5. The van der Waals surface area contributed by atoms with Crippen molar-refractivity contribution in [1.29, 1.82) is 0 Å². The molecule has 0 fully saturated rings. The maximum atomic E-state index is 13.1. The Morgan fingerprint density at radius 3 is 1.90 bits per heavy atom. The molecule has 1 aromatic carbocycles. The number of allylic oxidation sites excluding steroid dienone is 9. The molecule has 0 saturated heterocycles. The zero-order valence-electron chi connectivity index (χ0n) is 19.7. The molecule has 0 radical (unpaired) electrons. The number of benzene rings is 1. The van der Waals surface area contributed by atoms with Gasteiger partial charge in [-0.2, -0.15) is 0 Å². The van der Waals surface area contributed by atoms with Crippen LogP contribution >= 0.6 is 0 Å². The molecule has 31 heavy (non-hydrogen) atoms. The van der Waals surface area contributed by atoms with Crippen LogP contribution in [-0.2, 0) is 4.79 Å². The summed E-state index contributed by atoms with van der Waals surface area (Å²) in [7, 11) is 0. The molecule has 0 spiro atoms. The second-order valence-electron chi connectivity index (χ2n) is 10.1. The molecule has 0 unspecified atom stereocenters. The van der Waals surface area contributed by atoms with E-state index in [-0.39, 0.29) is 16.6 Å². The van der Waals surface area contributed by atoms with Gasteiger partial charge >= 0.3 is 0 Å². The van der Waals surface area contributed by atoms with Crippen molar-refractivity contribution in [3.05, 3.63) is 89.2 Å². The van der Waals surface area contributed by atoms with E-state index in [1.54, 1.807) is 0 Å². The number of Topliss-reactive ketones (excluding diaryl/α,β-unsaturated/α-hetero) is 1. The van der Waals surface area contributed by atoms with E-state index >= 15 is 0 Å². The van der Waals surface area contributed by atoms with Crippen LogP contribution in [0.25, 0.3) is 0 Å². The van der Waals surface area contributed by atoms with Crippen LogP contribution in [0.2, 0.25) is 0 Å². The van der Waals surface area contributed by atoms with Crippen molar-refractivity contribution in [2.75, 3.05) is 0 Å². The van der Waals surface area contributed by atoms with E-state index < -0.39 is 0 Å². The molecule has 0 atom stereocenters. The van der Waals surface area contributed by atoms with Gasteiger partial charge in [0.05, 0.1) is 17.1 Å². The van der Waals surface area contributed by atoms with E-state index in [9.17, 15) is 4.79 Å². The molecule has 3 rings (SSSR count). The van der Waals surface area contributed by atoms with Crippen molar-refractivity contribution in [2.24, 2.45) is 20.8 Å². The molecule has 0 aromatic heterocycles. The highest BCUT2D eigenvalue weighted by molar-refractivity contribution is 6.21. The van der Waals surface area contributed by atoms with Crippen molar-refractivity contribution in [3.63, 3.8) is 0 Å². The average molecular weight is 413 g/mol. The number of ketones is 1. The minimum absolute atomic E-state index is 0.139. The van der Waals surface area contributed by atoms with Gasteiger partial charge in [-0.15, -0.1) is 0 Å². The van der Waals surface area contributed by atoms with Crippen LogP contribution in [0, 0.1) is 10.8 Å². The fourth-order valence-electron chi connectivity index (χ4n) is 3.48. The van der Waals surface area contributed by atoms with Crippen LogP contribution in [0.5, 0.6) is 0 Å². The lowest BCUT2D eigenvalue weighted by Crippen LogP contribution is -2.27. The highest BCUT2D eigenvalue weighted by atomic mass is 16.1. The lowest BCUT2D eigenvalue weighted by Gasteiger charge is -2.31. The van der Waals surface area contributed by atoms with E-state index in [4.69, 9.17) is 9.98 Å². The molecule has 2 aliphatic carbocycles. The zero-order chi connectivity index (χ0) is 22.8.